The summed E-state index contributed by atoms with van der Waals surface area (Å²) in [4.78, 5) is 13.3. The van der Waals surface area contributed by atoms with E-state index >= 15 is 0 Å². The first-order valence-corrected chi connectivity index (χ1v) is 10.2. The van der Waals surface area contributed by atoms with Crippen molar-refractivity contribution in [1.29, 1.82) is 0 Å². The Hall–Kier alpha value is -3.53. The largest absolute Gasteiger partial charge is 0.480 e. The lowest BCUT2D eigenvalue weighted by molar-refractivity contribution is 0.372. The number of nitrogens with zero attached hydrogens (tertiary/aromatic N) is 5. The van der Waals surface area contributed by atoms with Gasteiger partial charge in [0.1, 0.15) is 5.52 Å². The Morgan fingerprint density at radius 2 is 2.03 bits per heavy atom. The van der Waals surface area contributed by atoms with E-state index in [1.165, 1.54) is 12.4 Å². The number of piperidine rings is 1. The van der Waals surface area contributed by atoms with Crippen LogP contribution < -0.4 is 15.4 Å². The third-order valence-corrected chi connectivity index (χ3v) is 5.50. The van der Waals surface area contributed by atoms with E-state index in [4.69, 9.17) is 4.74 Å². The molecule has 0 radical (unpaired) electrons. The number of anilines is 2. The number of fused-ring (bicyclic) bond motifs is 1. The van der Waals surface area contributed by atoms with E-state index in [1.54, 1.807) is 7.11 Å². The summed E-state index contributed by atoms with van der Waals surface area (Å²) in [6.45, 7) is 3.72. The Balaban J connectivity index is 1.44. The second kappa shape index (κ2) is 7.95. The average molecular weight is 422 g/mol. The molecule has 4 aromatic heterocycles. The Kier molecular flexibility index (Phi) is 4.99. The second-order valence-electron chi connectivity index (χ2n) is 7.59. The molecule has 3 N–H and O–H groups in total. The fraction of sp³-hybridized carbons (Fsp3) is 0.333. The Labute approximate surface area is 178 Å². The number of pyridine rings is 1. The zero-order valence-corrected chi connectivity index (χ0v) is 17.3. The van der Waals surface area contributed by atoms with Crippen molar-refractivity contribution in [2.45, 2.75) is 25.8 Å². The molecule has 0 spiro atoms. The number of aromatic nitrogens is 6. The van der Waals surface area contributed by atoms with Gasteiger partial charge in [-0.25, -0.2) is 19.3 Å². The molecule has 1 fully saturated rings. The average Bonchev–Trinajstić information content (AvgIpc) is 3.38. The van der Waals surface area contributed by atoms with Crippen molar-refractivity contribution < 1.29 is 9.13 Å². The molecule has 160 valence electrons. The molecule has 31 heavy (non-hydrogen) atoms. The molecule has 10 heteroatoms. The lowest BCUT2D eigenvalue weighted by Crippen LogP contribution is -2.29. The summed E-state index contributed by atoms with van der Waals surface area (Å²) < 4.78 is 21.7. The molecule has 5 heterocycles. The molecule has 5 rings (SSSR count). The van der Waals surface area contributed by atoms with Gasteiger partial charge in [0.15, 0.2) is 23.1 Å². The fourth-order valence-electron chi connectivity index (χ4n) is 3.94. The number of nitrogens with one attached hydrogen (secondary N) is 3. The van der Waals surface area contributed by atoms with Crippen LogP contribution in [0.2, 0.25) is 0 Å². The molecule has 9 nitrogen and oxygen atoms in total. The summed E-state index contributed by atoms with van der Waals surface area (Å²) in [5.74, 6) is 1.22. The van der Waals surface area contributed by atoms with Crippen LogP contribution in [0.5, 0.6) is 5.88 Å². The number of hydrogen-bond donors (Lipinski definition) is 3. The lowest BCUT2D eigenvalue weighted by atomic mass is 10.1. The number of methoxy groups -OCH3 is 1. The number of aromatic amines is 1. The van der Waals surface area contributed by atoms with E-state index in [2.05, 4.69) is 35.8 Å². The fourth-order valence-corrected chi connectivity index (χ4v) is 3.94. The molecule has 0 aliphatic carbocycles. The van der Waals surface area contributed by atoms with E-state index in [0.717, 1.165) is 42.9 Å². The van der Waals surface area contributed by atoms with Crippen molar-refractivity contribution in [2.75, 3.05) is 25.5 Å². The third-order valence-electron chi connectivity index (χ3n) is 5.50. The summed E-state index contributed by atoms with van der Waals surface area (Å²) in [6, 6.07) is 5.89. The Morgan fingerprint density at radius 1 is 1.19 bits per heavy atom. The van der Waals surface area contributed by atoms with Gasteiger partial charge in [0.25, 0.3) is 0 Å². The molecule has 0 saturated carbocycles. The number of aryl methyl sites for hydroxylation is 1. The van der Waals surface area contributed by atoms with Gasteiger partial charge in [0.2, 0.25) is 5.88 Å². The zero-order valence-electron chi connectivity index (χ0n) is 17.3. The van der Waals surface area contributed by atoms with E-state index in [1.807, 2.05) is 29.7 Å². The minimum Gasteiger partial charge on any atom is -0.480 e. The first-order valence-electron chi connectivity index (χ1n) is 10.2. The van der Waals surface area contributed by atoms with E-state index in [-0.39, 0.29) is 17.4 Å². The molecular weight excluding hydrogens is 399 g/mol. The summed E-state index contributed by atoms with van der Waals surface area (Å²) >= 11 is 0. The summed E-state index contributed by atoms with van der Waals surface area (Å²) in [5.41, 5.74) is 3.24. The highest BCUT2D eigenvalue weighted by molar-refractivity contribution is 5.75. The SMILES string of the molecule is COc1nc(C)ccc1-c1cc(Nc2cnc3c(F)cn(C4CCNCC4)c3n2)n[nH]1. The van der Waals surface area contributed by atoms with Crippen molar-refractivity contribution in [1.82, 2.24) is 35.0 Å². The Bertz CT molecular complexity index is 1230. The predicted molar refractivity (Wildman–Crippen MR) is 115 cm³/mol. The minimum atomic E-state index is -0.353. The third kappa shape index (κ3) is 3.70. The quantitative estimate of drug-likeness (QED) is 0.453. The molecule has 1 aliphatic rings. The van der Waals surface area contributed by atoms with Crippen LogP contribution >= 0.6 is 0 Å². The normalized spacial score (nSPS) is 14.8. The summed E-state index contributed by atoms with van der Waals surface area (Å²) in [7, 11) is 1.59. The van der Waals surface area contributed by atoms with Gasteiger partial charge < -0.3 is 19.9 Å². The number of ether oxygens (including phenoxy) is 1. The van der Waals surface area contributed by atoms with Gasteiger partial charge in [-0.3, -0.25) is 5.10 Å². The standard InChI is InChI=1S/C21H23FN8O/c1-12-3-4-14(21(25-12)31-2)16-9-17(29-28-16)26-18-10-24-19-15(22)11-30(20(19)27-18)13-5-7-23-8-6-13/h3-4,9-11,13,23H,5-8H2,1-2H3,(H2,26,27,28,29). The van der Waals surface area contributed by atoms with Crippen molar-refractivity contribution in [3.63, 3.8) is 0 Å². The van der Waals surface area contributed by atoms with Crippen LogP contribution in [0, 0.1) is 12.7 Å². The molecule has 0 amide bonds. The molecule has 0 unspecified atom stereocenters. The molecule has 0 bridgehead atoms. The van der Waals surface area contributed by atoms with Crippen LogP contribution in [-0.2, 0) is 0 Å². The molecule has 0 aromatic carbocycles. The van der Waals surface area contributed by atoms with E-state index < -0.39 is 0 Å². The highest BCUT2D eigenvalue weighted by Gasteiger charge is 2.21. The highest BCUT2D eigenvalue weighted by atomic mass is 19.1. The van der Waals surface area contributed by atoms with Crippen molar-refractivity contribution >= 4 is 22.8 Å². The van der Waals surface area contributed by atoms with Gasteiger partial charge in [-0.2, -0.15) is 5.10 Å². The van der Waals surface area contributed by atoms with E-state index in [9.17, 15) is 4.39 Å². The van der Waals surface area contributed by atoms with Crippen LogP contribution in [0.1, 0.15) is 24.6 Å². The highest BCUT2D eigenvalue weighted by Crippen LogP contribution is 2.30. The molecule has 4 aromatic rings. The number of rotatable bonds is 5. The van der Waals surface area contributed by atoms with Crippen molar-refractivity contribution in [3.8, 4) is 17.1 Å². The van der Waals surface area contributed by atoms with Crippen LogP contribution in [0.25, 0.3) is 22.4 Å². The predicted octanol–water partition coefficient (Wildman–Crippen LogP) is 3.34. The molecular formula is C21H23FN8O. The lowest BCUT2D eigenvalue weighted by Gasteiger charge is -2.24. The first-order chi connectivity index (χ1) is 15.1. The van der Waals surface area contributed by atoms with Crippen LogP contribution in [0.4, 0.5) is 16.0 Å². The molecule has 1 aliphatic heterocycles. The zero-order chi connectivity index (χ0) is 21.4. The van der Waals surface area contributed by atoms with Gasteiger partial charge in [0.05, 0.1) is 24.6 Å². The van der Waals surface area contributed by atoms with Crippen LogP contribution in [-0.4, -0.2) is 49.9 Å². The van der Waals surface area contributed by atoms with Gasteiger partial charge in [-0.15, -0.1) is 0 Å². The maximum atomic E-state index is 14.4. The van der Waals surface area contributed by atoms with E-state index in [0.29, 0.717) is 23.2 Å². The minimum absolute atomic E-state index is 0.205. The number of hydrogen-bond acceptors (Lipinski definition) is 7. The van der Waals surface area contributed by atoms with Gasteiger partial charge in [-0.1, -0.05) is 0 Å². The maximum absolute atomic E-state index is 14.4. The number of H-pyrrole nitrogens is 1. The Morgan fingerprint density at radius 3 is 2.84 bits per heavy atom. The number of halogens is 1. The maximum Gasteiger partial charge on any atom is 0.222 e. The van der Waals surface area contributed by atoms with Crippen molar-refractivity contribution in [3.05, 3.63) is 42.1 Å². The van der Waals surface area contributed by atoms with Crippen LogP contribution in [0.15, 0.2) is 30.6 Å². The second-order valence-corrected chi connectivity index (χ2v) is 7.59. The smallest absolute Gasteiger partial charge is 0.222 e. The molecule has 0 atom stereocenters. The first kappa shape index (κ1) is 19.4. The topological polar surface area (TPSA) is 106 Å². The summed E-state index contributed by atoms with van der Waals surface area (Å²) in [6.07, 6.45) is 4.88. The van der Waals surface area contributed by atoms with Crippen molar-refractivity contribution in [2.24, 2.45) is 0 Å². The van der Waals surface area contributed by atoms with Crippen LogP contribution in [0.3, 0.4) is 0 Å². The molecule has 1 saturated heterocycles. The van der Waals surface area contributed by atoms with Gasteiger partial charge >= 0.3 is 0 Å². The van der Waals surface area contributed by atoms with Gasteiger partial charge in [0, 0.05) is 24.0 Å². The monoisotopic (exact) mass is 422 g/mol. The summed E-state index contributed by atoms with van der Waals surface area (Å²) in [5, 5.41) is 13.8. The van der Waals surface area contributed by atoms with Gasteiger partial charge in [-0.05, 0) is 45.0 Å².